The summed E-state index contributed by atoms with van der Waals surface area (Å²) in [4.78, 5) is 25.6. The van der Waals surface area contributed by atoms with Crippen molar-refractivity contribution in [2.24, 2.45) is 0 Å². The Morgan fingerprint density at radius 3 is 2.38 bits per heavy atom. The summed E-state index contributed by atoms with van der Waals surface area (Å²) >= 11 is 0. The molecule has 0 aliphatic heterocycles. The topological polar surface area (TPSA) is 59.3 Å². The number of nitrogens with one attached hydrogen (secondary N) is 1. The molecule has 0 bridgehead atoms. The Kier molecular flexibility index (Phi) is 5.21. The summed E-state index contributed by atoms with van der Waals surface area (Å²) in [6.07, 6.45) is 1.71. The Morgan fingerprint density at radius 2 is 1.73 bits per heavy atom. The predicted octanol–water partition coefficient (Wildman–Crippen LogP) is 4.69. The molecular formula is C22H23NO3. The predicted molar refractivity (Wildman–Crippen MR) is 104 cm³/mol. The lowest BCUT2D eigenvalue weighted by Crippen LogP contribution is -2.34. The van der Waals surface area contributed by atoms with Gasteiger partial charge < -0.3 is 9.73 Å². The maximum atomic E-state index is 12.8. The second-order valence-corrected chi connectivity index (χ2v) is 6.42. The first kappa shape index (κ1) is 17.9. The van der Waals surface area contributed by atoms with Crippen molar-refractivity contribution in [2.75, 3.05) is 0 Å². The van der Waals surface area contributed by atoms with E-state index in [2.05, 4.69) is 5.32 Å². The third kappa shape index (κ3) is 3.27. The van der Waals surface area contributed by atoms with E-state index in [9.17, 15) is 9.59 Å². The second kappa shape index (κ2) is 7.56. The normalized spacial score (nSPS) is 11.1. The van der Waals surface area contributed by atoms with Crippen LogP contribution in [0.4, 0.5) is 0 Å². The summed E-state index contributed by atoms with van der Waals surface area (Å²) in [7, 11) is 0. The van der Waals surface area contributed by atoms with Crippen LogP contribution in [0.3, 0.4) is 0 Å². The zero-order valence-corrected chi connectivity index (χ0v) is 15.3. The molecule has 4 nitrogen and oxygen atoms in total. The van der Waals surface area contributed by atoms with E-state index >= 15 is 0 Å². The Hall–Kier alpha value is -2.88. The van der Waals surface area contributed by atoms with Crippen LogP contribution in [0.15, 0.2) is 57.7 Å². The summed E-state index contributed by atoms with van der Waals surface area (Å²) in [5.74, 6) is 0.293. The number of rotatable bonds is 5. The van der Waals surface area contributed by atoms with E-state index in [0.29, 0.717) is 27.9 Å². The second-order valence-electron chi connectivity index (χ2n) is 6.42. The van der Waals surface area contributed by atoms with Gasteiger partial charge in [-0.15, -0.1) is 0 Å². The Bertz CT molecular complexity index is 985. The zero-order valence-electron chi connectivity index (χ0n) is 15.3. The molecule has 0 aliphatic rings. The van der Waals surface area contributed by atoms with Crippen molar-refractivity contribution in [1.29, 1.82) is 0 Å². The van der Waals surface area contributed by atoms with Gasteiger partial charge in [-0.3, -0.25) is 9.59 Å². The quantitative estimate of drug-likeness (QED) is 0.727. The number of hydrogen-bond donors (Lipinski definition) is 1. The summed E-state index contributed by atoms with van der Waals surface area (Å²) in [6, 6.07) is 14.7. The number of fused-ring (bicyclic) bond motifs is 1. The summed E-state index contributed by atoms with van der Waals surface area (Å²) < 4.78 is 6.10. The van der Waals surface area contributed by atoms with Crippen LogP contribution in [0.5, 0.6) is 0 Å². The number of carbonyl (C=O) groups is 1. The van der Waals surface area contributed by atoms with Gasteiger partial charge in [-0.05, 0) is 31.9 Å². The summed E-state index contributed by atoms with van der Waals surface area (Å²) in [5.41, 5.74) is 1.98. The first-order valence-electron chi connectivity index (χ1n) is 8.99. The highest BCUT2D eigenvalue weighted by atomic mass is 16.3. The third-order valence-electron chi connectivity index (χ3n) is 4.75. The molecule has 1 N–H and O–H groups in total. The zero-order chi connectivity index (χ0) is 18.7. The molecule has 2 aromatic carbocycles. The maximum absolute atomic E-state index is 12.8. The van der Waals surface area contributed by atoms with Crippen molar-refractivity contribution >= 4 is 16.9 Å². The standard InChI is InChI=1S/C22H23NO3/c1-4-16(5-2)23-22(25)18-13-9-12-17-19(24)14(3)20(26-21(17)18)15-10-7-6-8-11-15/h6-13,16H,4-5H2,1-3H3,(H,23,25). The van der Waals surface area contributed by atoms with Crippen LogP contribution in [0.2, 0.25) is 0 Å². The van der Waals surface area contributed by atoms with Gasteiger partial charge in [0.05, 0.1) is 10.9 Å². The smallest absolute Gasteiger partial charge is 0.255 e. The molecule has 0 saturated carbocycles. The highest BCUT2D eigenvalue weighted by molar-refractivity contribution is 6.05. The Labute approximate surface area is 152 Å². The maximum Gasteiger partial charge on any atom is 0.255 e. The van der Waals surface area contributed by atoms with E-state index in [1.165, 1.54) is 0 Å². The first-order valence-corrected chi connectivity index (χ1v) is 8.99. The molecule has 0 unspecified atom stereocenters. The van der Waals surface area contributed by atoms with Crippen LogP contribution in [0, 0.1) is 6.92 Å². The van der Waals surface area contributed by atoms with Crippen LogP contribution in [-0.2, 0) is 0 Å². The Morgan fingerprint density at radius 1 is 1.04 bits per heavy atom. The lowest BCUT2D eigenvalue weighted by molar-refractivity contribution is 0.0935. The molecule has 134 valence electrons. The fourth-order valence-corrected chi connectivity index (χ4v) is 3.11. The van der Waals surface area contributed by atoms with Gasteiger partial charge in [-0.2, -0.15) is 0 Å². The van der Waals surface area contributed by atoms with Crippen LogP contribution in [0.1, 0.15) is 42.6 Å². The van der Waals surface area contributed by atoms with E-state index in [0.717, 1.165) is 18.4 Å². The third-order valence-corrected chi connectivity index (χ3v) is 4.75. The minimum Gasteiger partial charge on any atom is -0.455 e. The molecule has 0 aliphatic carbocycles. The van der Waals surface area contributed by atoms with Gasteiger partial charge in [0.2, 0.25) is 0 Å². The van der Waals surface area contributed by atoms with Crippen molar-refractivity contribution < 1.29 is 9.21 Å². The minimum atomic E-state index is -0.213. The highest BCUT2D eigenvalue weighted by Crippen LogP contribution is 2.27. The lowest BCUT2D eigenvalue weighted by atomic mass is 10.0. The number of para-hydroxylation sites is 1. The number of benzene rings is 2. The molecule has 0 radical (unpaired) electrons. The molecule has 3 rings (SSSR count). The largest absolute Gasteiger partial charge is 0.455 e. The van der Waals surface area contributed by atoms with Gasteiger partial charge in [0.15, 0.2) is 11.0 Å². The molecular weight excluding hydrogens is 326 g/mol. The van der Waals surface area contributed by atoms with Crippen molar-refractivity contribution in [3.8, 4) is 11.3 Å². The average Bonchev–Trinajstić information content (AvgIpc) is 2.68. The van der Waals surface area contributed by atoms with Gasteiger partial charge >= 0.3 is 0 Å². The fourth-order valence-electron chi connectivity index (χ4n) is 3.11. The van der Waals surface area contributed by atoms with E-state index in [1.807, 2.05) is 44.2 Å². The molecule has 1 amide bonds. The van der Waals surface area contributed by atoms with Crippen LogP contribution in [-0.4, -0.2) is 11.9 Å². The van der Waals surface area contributed by atoms with Gasteiger partial charge in [-0.1, -0.05) is 50.2 Å². The lowest BCUT2D eigenvalue weighted by Gasteiger charge is -2.16. The van der Waals surface area contributed by atoms with E-state index < -0.39 is 0 Å². The number of carbonyl (C=O) groups excluding carboxylic acids is 1. The van der Waals surface area contributed by atoms with Crippen LogP contribution >= 0.6 is 0 Å². The molecule has 0 fully saturated rings. The van der Waals surface area contributed by atoms with Gasteiger partial charge in [-0.25, -0.2) is 0 Å². The van der Waals surface area contributed by atoms with Gasteiger partial charge in [0.1, 0.15) is 5.76 Å². The monoisotopic (exact) mass is 349 g/mol. The van der Waals surface area contributed by atoms with E-state index in [4.69, 9.17) is 4.42 Å². The van der Waals surface area contributed by atoms with Crippen molar-refractivity contribution in [2.45, 2.75) is 39.7 Å². The van der Waals surface area contributed by atoms with Gasteiger partial charge in [0.25, 0.3) is 5.91 Å². The van der Waals surface area contributed by atoms with E-state index in [1.54, 1.807) is 25.1 Å². The number of hydrogen-bond acceptors (Lipinski definition) is 3. The first-order chi connectivity index (χ1) is 12.6. The highest BCUT2D eigenvalue weighted by Gasteiger charge is 2.19. The van der Waals surface area contributed by atoms with Crippen molar-refractivity contribution in [3.05, 3.63) is 69.9 Å². The average molecular weight is 349 g/mol. The molecule has 0 atom stereocenters. The molecule has 3 aromatic rings. The molecule has 4 heteroatoms. The Balaban J connectivity index is 2.19. The summed E-state index contributed by atoms with van der Waals surface area (Å²) in [6.45, 7) is 5.83. The van der Waals surface area contributed by atoms with Crippen LogP contribution in [0.25, 0.3) is 22.3 Å². The molecule has 0 saturated heterocycles. The molecule has 1 aromatic heterocycles. The van der Waals surface area contributed by atoms with Crippen LogP contribution < -0.4 is 10.7 Å². The van der Waals surface area contributed by atoms with Crippen molar-refractivity contribution in [3.63, 3.8) is 0 Å². The van der Waals surface area contributed by atoms with Gasteiger partial charge in [0, 0.05) is 17.2 Å². The van der Waals surface area contributed by atoms with Crippen molar-refractivity contribution in [1.82, 2.24) is 5.32 Å². The SMILES string of the molecule is CCC(CC)NC(=O)c1cccc2c(=O)c(C)c(-c3ccccc3)oc12. The van der Waals surface area contributed by atoms with E-state index in [-0.39, 0.29) is 17.4 Å². The molecule has 1 heterocycles. The minimum absolute atomic E-state index is 0.100. The number of amides is 1. The molecule has 0 spiro atoms. The fraction of sp³-hybridized carbons (Fsp3) is 0.273. The summed E-state index contributed by atoms with van der Waals surface area (Å²) in [5, 5.41) is 3.45. The molecule has 26 heavy (non-hydrogen) atoms.